The Balaban J connectivity index is 1.94. The van der Waals surface area contributed by atoms with Gasteiger partial charge in [0, 0.05) is 17.2 Å². The molecule has 0 saturated heterocycles. The summed E-state index contributed by atoms with van der Waals surface area (Å²) in [6.45, 7) is 0.733. The van der Waals surface area contributed by atoms with Crippen molar-refractivity contribution in [1.29, 1.82) is 0 Å². The normalized spacial score (nSPS) is 12.6. The highest BCUT2D eigenvalue weighted by molar-refractivity contribution is 5.95. The molecule has 1 amide bonds. The van der Waals surface area contributed by atoms with Crippen LogP contribution in [0.5, 0.6) is 5.75 Å². The van der Waals surface area contributed by atoms with Crippen molar-refractivity contribution in [3.05, 3.63) is 58.5 Å². The van der Waals surface area contributed by atoms with Crippen LogP contribution in [0.4, 0.5) is 0 Å². The maximum absolute atomic E-state index is 11.1. The van der Waals surface area contributed by atoms with E-state index in [2.05, 4.69) is 11.2 Å². The fourth-order valence-electron chi connectivity index (χ4n) is 2.22. The summed E-state index contributed by atoms with van der Waals surface area (Å²) < 4.78 is 5.46. The Labute approximate surface area is 110 Å². The average Bonchev–Trinajstić information content (AvgIpc) is 2.94. The van der Waals surface area contributed by atoms with Gasteiger partial charge in [-0.2, -0.15) is 0 Å². The van der Waals surface area contributed by atoms with E-state index in [1.165, 1.54) is 5.56 Å². The van der Waals surface area contributed by atoms with Gasteiger partial charge in [0.1, 0.15) is 5.75 Å². The molecule has 0 aliphatic carbocycles. The van der Waals surface area contributed by atoms with E-state index < -0.39 is 5.91 Å². The number of rotatable bonds is 2. The molecule has 1 heterocycles. The Bertz CT molecular complexity index is 647. The number of nitrogens with zero attached hydrogens (tertiary/aromatic N) is 1. The first-order valence-electron chi connectivity index (χ1n) is 6.02. The highest BCUT2D eigenvalue weighted by atomic mass is 16.5. The number of amides is 1. The van der Waals surface area contributed by atoms with E-state index in [1.807, 2.05) is 24.3 Å². The summed E-state index contributed by atoms with van der Waals surface area (Å²) in [5, 5.41) is 2.40. The fraction of sp³-hybridized carbons (Fsp3) is 0.133. The van der Waals surface area contributed by atoms with Crippen LogP contribution in [-0.2, 0) is 6.42 Å². The lowest BCUT2D eigenvalue weighted by Gasteiger charge is -2.05. The molecule has 4 heteroatoms. The average molecular weight is 253 g/mol. The Morgan fingerprint density at radius 1 is 1.05 bits per heavy atom. The molecule has 0 radical (unpaired) electrons. The summed E-state index contributed by atoms with van der Waals surface area (Å²) in [5.74, 6) is 0.203. The number of hydrogen-bond acceptors (Lipinski definition) is 3. The zero-order valence-corrected chi connectivity index (χ0v) is 10.1. The van der Waals surface area contributed by atoms with Crippen molar-refractivity contribution < 1.29 is 9.53 Å². The Kier molecular flexibility index (Phi) is 2.83. The lowest BCUT2D eigenvalue weighted by atomic mass is 10.0. The molecule has 0 N–H and O–H groups in total. The van der Waals surface area contributed by atoms with Crippen molar-refractivity contribution in [2.45, 2.75) is 6.42 Å². The van der Waals surface area contributed by atoms with Crippen LogP contribution in [0.1, 0.15) is 15.9 Å². The summed E-state index contributed by atoms with van der Waals surface area (Å²) in [7, 11) is 0. The molecule has 0 aromatic heterocycles. The summed E-state index contributed by atoms with van der Waals surface area (Å²) >= 11 is 0. The fourth-order valence-corrected chi connectivity index (χ4v) is 2.22. The molecule has 94 valence electrons. The summed E-state index contributed by atoms with van der Waals surface area (Å²) in [6.07, 6.45) is 0.925. The summed E-state index contributed by atoms with van der Waals surface area (Å²) in [6, 6.07) is 12.9. The maximum Gasteiger partial charge on any atom is 0.316 e. The van der Waals surface area contributed by atoms with Crippen molar-refractivity contribution in [3.63, 3.8) is 0 Å². The molecule has 1 aliphatic heterocycles. The van der Waals surface area contributed by atoms with E-state index in [4.69, 9.17) is 4.74 Å². The first-order valence-corrected chi connectivity index (χ1v) is 6.02. The predicted octanol–water partition coefficient (Wildman–Crippen LogP) is 3.20. The van der Waals surface area contributed by atoms with E-state index in [9.17, 15) is 9.70 Å². The van der Waals surface area contributed by atoms with Gasteiger partial charge in [-0.1, -0.05) is 18.2 Å². The number of benzene rings is 2. The van der Waals surface area contributed by atoms with Gasteiger partial charge in [-0.15, -0.1) is 4.91 Å². The van der Waals surface area contributed by atoms with Crippen molar-refractivity contribution in [2.24, 2.45) is 5.18 Å². The molecule has 1 aliphatic rings. The van der Waals surface area contributed by atoms with Crippen LogP contribution >= 0.6 is 0 Å². The molecule has 0 atom stereocenters. The van der Waals surface area contributed by atoms with Gasteiger partial charge in [0.15, 0.2) is 0 Å². The zero-order valence-electron chi connectivity index (χ0n) is 10.1. The second-order valence-corrected chi connectivity index (χ2v) is 4.39. The quantitative estimate of drug-likeness (QED) is 0.772. The minimum Gasteiger partial charge on any atom is -0.493 e. The van der Waals surface area contributed by atoms with Gasteiger partial charge in [0.2, 0.25) is 0 Å². The molecule has 0 saturated carbocycles. The molecule has 0 fully saturated rings. The summed E-state index contributed by atoms with van der Waals surface area (Å²) in [4.78, 5) is 21.3. The number of carbonyl (C=O) groups is 1. The second kappa shape index (κ2) is 4.65. The Morgan fingerprint density at radius 2 is 1.79 bits per heavy atom. The first-order chi connectivity index (χ1) is 9.28. The van der Waals surface area contributed by atoms with Gasteiger partial charge < -0.3 is 4.74 Å². The monoisotopic (exact) mass is 253 g/mol. The molecular formula is C15H11NO3. The third kappa shape index (κ3) is 2.12. The summed E-state index contributed by atoms with van der Waals surface area (Å²) in [5.41, 5.74) is 3.58. The third-order valence-electron chi connectivity index (χ3n) is 3.24. The van der Waals surface area contributed by atoms with Crippen molar-refractivity contribution >= 4 is 5.91 Å². The van der Waals surface area contributed by atoms with Crippen molar-refractivity contribution in [1.82, 2.24) is 0 Å². The van der Waals surface area contributed by atoms with Crippen LogP contribution < -0.4 is 4.74 Å². The van der Waals surface area contributed by atoms with Crippen molar-refractivity contribution in [2.75, 3.05) is 6.61 Å². The topological polar surface area (TPSA) is 55.7 Å². The minimum absolute atomic E-state index is 0.309. The van der Waals surface area contributed by atoms with Crippen LogP contribution in [0.15, 0.2) is 47.6 Å². The minimum atomic E-state index is -0.742. The highest BCUT2D eigenvalue weighted by Gasteiger charge is 2.13. The molecule has 0 spiro atoms. The lowest BCUT2D eigenvalue weighted by Crippen LogP contribution is -1.92. The lowest BCUT2D eigenvalue weighted by molar-refractivity contribution is 0.100. The van der Waals surface area contributed by atoms with Gasteiger partial charge in [0.05, 0.1) is 6.61 Å². The van der Waals surface area contributed by atoms with E-state index in [0.717, 1.165) is 29.9 Å². The van der Waals surface area contributed by atoms with E-state index >= 15 is 0 Å². The Hall–Kier alpha value is -2.49. The molecule has 2 aromatic rings. The molecule has 4 nitrogen and oxygen atoms in total. The van der Waals surface area contributed by atoms with Crippen LogP contribution in [0, 0.1) is 4.91 Å². The second-order valence-electron chi connectivity index (χ2n) is 4.39. The highest BCUT2D eigenvalue weighted by Crippen LogP contribution is 2.30. The molecule has 3 rings (SSSR count). The number of fused-ring (bicyclic) bond motifs is 1. The third-order valence-corrected chi connectivity index (χ3v) is 3.24. The zero-order chi connectivity index (χ0) is 13.2. The van der Waals surface area contributed by atoms with Crippen LogP contribution in [-0.4, -0.2) is 12.5 Å². The number of hydrogen-bond donors (Lipinski definition) is 0. The maximum atomic E-state index is 11.1. The molecule has 0 unspecified atom stereocenters. The van der Waals surface area contributed by atoms with Crippen LogP contribution in [0.2, 0.25) is 0 Å². The molecule has 19 heavy (non-hydrogen) atoms. The Morgan fingerprint density at radius 3 is 2.53 bits per heavy atom. The first kappa shape index (κ1) is 11.6. The largest absolute Gasteiger partial charge is 0.493 e. The standard InChI is InChI=1S/C15H11NO3/c17-15(16-18)11-3-1-10(2-4-11)12-5-6-14-13(9-12)7-8-19-14/h1-6,9H,7-8H2. The molecule has 0 bridgehead atoms. The van der Waals surface area contributed by atoms with E-state index in [1.54, 1.807) is 12.1 Å². The van der Waals surface area contributed by atoms with Gasteiger partial charge in [-0.05, 0) is 41.0 Å². The smallest absolute Gasteiger partial charge is 0.316 e. The van der Waals surface area contributed by atoms with Crippen LogP contribution in [0.25, 0.3) is 11.1 Å². The molecular weight excluding hydrogens is 242 g/mol. The van der Waals surface area contributed by atoms with Gasteiger partial charge >= 0.3 is 5.91 Å². The number of ether oxygens (including phenoxy) is 1. The van der Waals surface area contributed by atoms with Gasteiger partial charge in [0.25, 0.3) is 0 Å². The van der Waals surface area contributed by atoms with Gasteiger partial charge in [-0.3, -0.25) is 4.79 Å². The van der Waals surface area contributed by atoms with Crippen LogP contribution in [0.3, 0.4) is 0 Å². The van der Waals surface area contributed by atoms with Crippen molar-refractivity contribution in [3.8, 4) is 16.9 Å². The predicted molar refractivity (Wildman–Crippen MR) is 71.2 cm³/mol. The number of carbonyl (C=O) groups excluding carboxylic acids is 1. The van der Waals surface area contributed by atoms with E-state index in [-0.39, 0.29) is 0 Å². The molecule has 2 aromatic carbocycles. The van der Waals surface area contributed by atoms with Gasteiger partial charge in [-0.25, -0.2) is 0 Å². The SMILES string of the molecule is O=NC(=O)c1ccc(-c2ccc3c(c2)CCO3)cc1. The number of nitroso groups, excluding NO2 is 1. The van der Waals surface area contributed by atoms with E-state index in [0.29, 0.717) is 5.56 Å².